The number of hydrogen-bond acceptors (Lipinski definition) is 4. The summed E-state index contributed by atoms with van der Waals surface area (Å²) < 4.78 is 32.3. The van der Waals surface area contributed by atoms with Crippen LogP contribution in [-0.4, -0.2) is 31.1 Å². The Balaban J connectivity index is 4.16. The lowest BCUT2D eigenvalue weighted by Gasteiger charge is -2.10. The maximum Gasteiger partial charge on any atom is 0.418 e. The van der Waals surface area contributed by atoms with Crippen LogP contribution in [0.1, 0.15) is 6.42 Å². The molecule has 6 heteroatoms. The van der Waals surface area contributed by atoms with Gasteiger partial charge in [-0.25, -0.2) is 18.4 Å². The predicted octanol–water partition coefficient (Wildman–Crippen LogP) is 0.363. The van der Waals surface area contributed by atoms with E-state index in [-0.39, 0.29) is 0 Å². The van der Waals surface area contributed by atoms with E-state index in [2.05, 4.69) is 9.47 Å². The molecule has 1 atom stereocenters. The van der Waals surface area contributed by atoms with Gasteiger partial charge in [-0.05, 0) is 0 Å². The number of hydrogen-bond donors (Lipinski definition) is 0. The molecule has 0 amide bonds. The average molecular weight is 230 g/mol. The van der Waals surface area contributed by atoms with Crippen molar-refractivity contribution in [2.75, 3.05) is 6.61 Å². The Kier molecular flexibility index (Phi) is 6.30. The summed E-state index contributed by atoms with van der Waals surface area (Å²) in [6, 6.07) is 0. The highest BCUT2D eigenvalue weighted by Gasteiger charge is 2.23. The van der Waals surface area contributed by atoms with Crippen LogP contribution in [0.3, 0.4) is 0 Å². The van der Waals surface area contributed by atoms with Crippen LogP contribution in [-0.2, 0) is 19.1 Å². The van der Waals surface area contributed by atoms with Crippen molar-refractivity contribution in [3.8, 4) is 24.7 Å². The van der Waals surface area contributed by atoms with Crippen LogP contribution in [0.15, 0.2) is 0 Å². The SMILES string of the molecule is C#CCOC(=O)C(=O)OC(C#C)CC(F)F. The molecule has 0 N–H and O–H groups in total. The molecule has 0 aliphatic heterocycles. The van der Waals surface area contributed by atoms with E-state index in [0.717, 1.165) is 0 Å². The average Bonchev–Trinajstić information content (AvgIpc) is 2.23. The van der Waals surface area contributed by atoms with Gasteiger partial charge in [0.2, 0.25) is 6.43 Å². The molecule has 0 aliphatic carbocycles. The van der Waals surface area contributed by atoms with E-state index >= 15 is 0 Å². The molecule has 0 heterocycles. The first-order valence-corrected chi connectivity index (χ1v) is 4.06. The minimum absolute atomic E-state index is 0.413. The molecule has 86 valence electrons. The zero-order chi connectivity index (χ0) is 12.6. The number of halogens is 2. The van der Waals surface area contributed by atoms with E-state index in [1.54, 1.807) is 5.92 Å². The van der Waals surface area contributed by atoms with Crippen LogP contribution in [0.2, 0.25) is 0 Å². The summed E-state index contributed by atoms with van der Waals surface area (Å²) in [7, 11) is 0. The van der Waals surface area contributed by atoms with Gasteiger partial charge in [-0.15, -0.1) is 12.8 Å². The van der Waals surface area contributed by atoms with Crippen LogP contribution in [0.25, 0.3) is 0 Å². The molecule has 1 unspecified atom stereocenters. The fourth-order valence-electron chi connectivity index (χ4n) is 0.655. The third-order valence-corrected chi connectivity index (χ3v) is 1.28. The van der Waals surface area contributed by atoms with Gasteiger partial charge in [0.1, 0.15) is 0 Å². The number of carbonyl (C=O) groups excluding carboxylic acids is 2. The van der Waals surface area contributed by atoms with Gasteiger partial charge in [-0.2, -0.15) is 0 Å². The molecule has 0 saturated heterocycles. The van der Waals surface area contributed by atoms with Crippen molar-refractivity contribution in [3.05, 3.63) is 0 Å². The maximum absolute atomic E-state index is 11.9. The second kappa shape index (κ2) is 7.24. The molecule has 4 nitrogen and oxygen atoms in total. The van der Waals surface area contributed by atoms with Crippen molar-refractivity contribution in [2.45, 2.75) is 19.0 Å². The lowest BCUT2D eigenvalue weighted by atomic mass is 10.3. The normalized spacial score (nSPS) is 11.1. The molecule has 0 aromatic heterocycles. The van der Waals surface area contributed by atoms with Crippen molar-refractivity contribution in [1.82, 2.24) is 0 Å². The lowest BCUT2D eigenvalue weighted by Crippen LogP contribution is -2.26. The Morgan fingerprint density at radius 1 is 1.25 bits per heavy atom. The molecule has 0 rings (SSSR count). The Bertz CT molecular complexity index is 338. The van der Waals surface area contributed by atoms with E-state index in [9.17, 15) is 18.4 Å². The third-order valence-electron chi connectivity index (χ3n) is 1.28. The summed E-state index contributed by atoms with van der Waals surface area (Å²) in [5, 5.41) is 0. The molecule has 16 heavy (non-hydrogen) atoms. The zero-order valence-electron chi connectivity index (χ0n) is 8.11. The van der Waals surface area contributed by atoms with Crippen LogP contribution in [0.4, 0.5) is 8.78 Å². The van der Waals surface area contributed by atoms with Crippen molar-refractivity contribution < 1.29 is 27.8 Å². The summed E-state index contributed by atoms with van der Waals surface area (Å²) in [5.74, 6) is 0.932. The van der Waals surface area contributed by atoms with E-state index < -0.39 is 37.5 Å². The number of alkyl halides is 2. The van der Waals surface area contributed by atoms with Gasteiger partial charge < -0.3 is 9.47 Å². The Morgan fingerprint density at radius 2 is 1.88 bits per heavy atom. The third kappa shape index (κ3) is 5.61. The molecule has 0 radical (unpaired) electrons. The fraction of sp³-hybridized carbons (Fsp3) is 0.400. The minimum Gasteiger partial charge on any atom is -0.444 e. The van der Waals surface area contributed by atoms with E-state index in [1.165, 1.54) is 0 Å². The predicted molar refractivity (Wildman–Crippen MR) is 49.1 cm³/mol. The second-order valence-corrected chi connectivity index (χ2v) is 2.47. The molecule has 0 saturated carbocycles. The highest BCUT2D eigenvalue weighted by molar-refractivity contribution is 6.29. The van der Waals surface area contributed by atoms with E-state index in [4.69, 9.17) is 12.8 Å². The first kappa shape index (κ1) is 13.9. The van der Waals surface area contributed by atoms with Gasteiger partial charge in [0.15, 0.2) is 12.7 Å². The van der Waals surface area contributed by atoms with E-state index in [1.807, 2.05) is 5.92 Å². The quantitative estimate of drug-likeness (QED) is 0.397. The highest BCUT2D eigenvalue weighted by atomic mass is 19.3. The number of carbonyl (C=O) groups is 2. The molecule has 0 aliphatic rings. The topological polar surface area (TPSA) is 52.6 Å². The number of esters is 2. The van der Waals surface area contributed by atoms with Crippen LogP contribution in [0, 0.1) is 24.7 Å². The largest absolute Gasteiger partial charge is 0.444 e. The molecular formula is C10H8F2O4. The zero-order valence-corrected chi connectivity index (χ0v) is 8.11. The molecule has 0 fully saturated rings. The van der Waals surface area contributed by atoms with Gasteiger partial charge in [-0.1, -0.05) is 11.8 Å². The Morgan fingerprint density at radius 3 is 2.31 bits per heavy atom. The van der Waals surface area contributed by atoms with Gasteiger partial charge in [0.05, 0.1) is 6.42 Å². The lowest BCUT2D eigenvalue weighted by molar-refractivity contribution is -0.169. The molecule has 0 aromatic carbocycles. The number of ether oxygens (including phenoxy) is 2. The molecular weight excluding hydrogens is 222 g/mol. The molecule has 0 bridgehead atoms. The first-order chi connectivity index (χ1) is 7.51. The van der Waals surface area contributed by atoms with Crippen LogP contribution >= 0.6 is 0 Å². The van der Waals surface area contributed by atoms with Gasteiger partial charge >= 0.3 is 11.9 Å². The van der Waals surface area contributed by atoms with Gasteiger partial charge in [0.25, 0.3) is 0 Å². The minimum atomic E-state index is -2.74. The van der Waals surface area contributed by atoms with Crippen molar-refractivity contribution in [1.29, 1.82) is 0 Å². The standard InChI is InChI=1S/C10H8F2O4/c1-3-5-15-9(13)10(14)16-7(4-2)6-8(11)12/h1-2,7-8H,5-6H2. The highest BCUT2D eigenvalue weighted by Crippen LogP contribution is 2.07. The maximum atomic E-state index is 11.9. The number of terminal acetylenes is 2. The van der Waals surface area contributed by atoms with Crippen LogP contribution in [0.5, 0.6) is 0 Å². The summed E-state index contributed by atoms with van der Waals surface area (Å²) in [6.07, 6.45) is 4.53. The summed E-state index contributed by atoms with van der Waals surface area (Å²) in [6.45, 7) is -0.413. The smallest absolute Gasteiger partial charge is 0.418 e. The fourth-order valence-corrected chi connectivity index (χ4v) is 0.655. The summed E-state index contributed by atoms with van der Waals surface area (Å²) in [5.41, 5.74) is 0. The Hall–Kier alpha value is -2.08. The second-order valence-electron chi connectivity index (χ2n) is 2.47. The molecule has 0 aromatic rings. The van der Waals surface area contributed by atoms with Crippen LogP contribution < -0.4 is 0 Å². The molecule has 0 spiro atoms. The van der Waals surface area contributed by atoms with Crippen molar-refractivity contribution in [2.24, 2.45) is 0 Å². The first-order valence-electron chi connectivity index (χ1n) is 4.06. The van der Waals surface area contributed by atoms with Gasteiger partial charge in [0, 0.05) is 0 Å². The monoisotopic (exact) mass is 230 g/mol. The summed E-state index contributed by atoms with van der Waals surface area (Å²) in [4.78, 5) is 21.7. The van der Waals surface area contributed by atoms with Crippen molar-refractivity contribution >= 4 is 11.9 Å². The van der Waals surface area contributed by atoms with Gasteiger partial charge in [-0.3, -0.25) is 0 Å². The van der Waals surface area contributed by atoms with E-state index in [0.29, 0.717) is 0 Å². The van der Waals surface area contributed by atoms with Crippen molar-refractivity contribution in [3.63, 3.8) is 0 Å². The Labute approximate surface area is 90.9 Å². The summed E-state index contributed by atoms with van der Waals surface area (Å²) >= 11 is 0. The number of rotatable bonds is 4.